The topological polar surface area (TPSA) is 62.6 Å². The van der Waals surface area contributed by atoms with Crippen LogP contribution in [0.5, 0.6) is 0 Å². The summed E-state index contributed by atoms with van der Waals surface area (Å²) in [7, 11) is -0.560. The van der Waals surface area contributed by atoms with Gasteiger partial charge >= 0.3 is 0 Å². The van der Waals surface area contributed by atoms with Crippen LogP contribution in [0.4, 0.5) is 5.69 Å². The minimum absolute atomic E-state index is 0.0399. The van der Waals surface area contributed by atoms with E-state index < -0.39 is 10.0 Å². The Balaban J connectivity index is 2.05. The van der Waals surface area contributed by atoms with E-state index in [4.69, 9.17) is 4.42 Å². The first kappa shape index (κ1) is 15.3. The quantitative estimate of drug-likeness (QED) is 0.776. The number of hydrogen-bond acceptors (Lipinski definition) is 4. The van der Waals surface area contributed by atoms with Crippen LogP contribution in [0.25, 0.3) is 0 Å². The molecule has 0 unspecified atom stereocenters. The van der Waals surface area contributed by atoms with Crippen LogP contribution in [0.2, 0.25) is 0 Å². The van der Waals surface area contributed by atoms with Crippen LogP contribution in [0.1, 0.15) is 5.76 Å². The standard InChI is InChI=1S/C13H15IN2O3S/c1-16(2)20(17,18)13-8-7-12(19-13)9-15-11-5-3-10(14)4-6-11/h3-8,15H,9H2,1-2H3. The zero-order chi connectivity index (χ0) is 14.8. The third kappa shape index (κ3) is 3.53. The molecule has 2 aromatic rings. The Morgan fingerprint density at radius 2 is 1.80 bits per heavy atom. The normalized spacial score (nSPS) is 11.8. The molecule has 1 heterocycles. The van der Waals surface area contributed by atoms with Crippen LogP contribution in [0.3, 0.4) is 0 Å². The second-order valence-corrected chi connectivity index (χ2v) is 7.70. The Hall–Kier alpha value is -1.06. The maximum Gasteiger partial charge on any atom is 0.275 e. The largest absolute Gasteiger partial charge is 0.446 e. The Morgan fingerprint density at radius 1 is 1.15 bits per heavy atom. The monoisotopic (exact) mass is 406 g/mol. The fourth-order valence-electron chi connectivity index (χ4n) is 1.53. The van der Waals surface area contributed by atoms with Gasteiger partial charge in [-0.05, 0) is 59.0 Å². The molecule has 0 bridgehead atoms. The summed E-state index contributed by atoms with van der Waals surface area (Å²) in [6.45, 7) is 0.434. The van der Waals surface area contributed by atoms with Crippen molar-refractivity contribution in [3.63, 3.8) is 0 Å². The first-order valence-corrected chi connectivity index (χ1v) is 8.42. The van der Waals surface area contributed by atoms with Crippen LogP contribution in [-0.2, 0) is 16.6 Å². The molecule has 5 nitrogen and oxygen atoms in total. The van der Waals surface area contributed by atoms with Crippen molar-refractivity contribution in [3.8, 4) is 0 Å². The Bertz CT molecular complexity index is 678. The first-order chi connectivity index (χ1) is 9.39. The highest BCUT2D eigenvalue weighted by atomic mass is 127. The number of rotatable bonds is 5. The lowest BCUT2D eigenvalue weighted by Crippen LogP contribution is -2.21. The van der Waals surface area contributed by atoms with E-state index in [1.54, 1.807) is 6.07 Å². The van der Waals surface area contributed by atoms with E-state index >= 15 is 0 Å². The molecule has 108 valence electrons. The number of benzene rings is 1. The molecular weight excluding hydrogens is 391 g/mol. The van der Waals surface area contributed by atoms with Gasteiger partial charge in [-0.1, -0.05) is 0 Å². The number of halogens is 1. The van der Waals surface area contributed by atoms with Gasteiger partial charge in [-0.3, -0.25) is 0 Å². The molecule has 2 rings (SSSR count). The average molecular weight is 406 g/mol. The van der Waals surface area contributed by atoms with Gasteiger partial charge in [0.05, 0.1) is 6.54 Å². The lowest BCUT2D eigenvalue weighted by molar-refractivity contribution is 0.402. The highest BCUT2D eigenvalue weighted by Gasteiger charge is 2.21. The van der Waals surface area contributed by atoms with Gasteiger partial charge in [0, 0.05) is 23.4 Å². The van der Waals surface area contributed by atoms with E-state index in [-0.39, 0.29) is 5.09 Å². The van der Waals surface area contributed by atoms with E-state index in [1.165, 1.54) is 20.2 Å². The number of hydrogen-bond donors (Lipinski definition) is 1. The summed E-state index contributed by atoms with van der Waals surface area (Å²) in [6, 6.07) is 11.0. The molecule has 0 aliphatic carbocycles. The van der Waals surface area contributed by atoms with Crippen LogP contribution in [-0.4, -0.2) is 26.8 Å². The van der Waals surface area contributed by atoms with Gasteiger partial charge in [0.2, 0.25) is 5.09 Å². The van der Waals surface area contributed by atoms with Crippen molar-refractivity contribution >= 4 is 38.3 Å². The molecule has 1 aromatic heterocycles. The fraction of sp³-hybridized carbons (Fsp3) is 0.231. The average Bonchev–Trinajstić information content (AvgIpc) is 2.87. The molecule has 7 heteroatoms. The summed E-state index contributed by atoms with van der Waals surface area (Å²) in [5.74, 6) is 0.573. The third-order valence-electron chi connectivity index (χ3n) is 2.68. The lowest BCUT2D eigenvalue weighted by atomic mass is 10.3. The molecule has 20 heavy (non-hydrogen) atoms. The molecule has 0 saturated carbocycles. The molecule has 0 spiro atoms. The smallest absolute Gasteiger partial charge is 0.275 e. The van der Waals surface area contributed by atoms with E-state index in [1.807, 2.05) is 24.3 Å². The fourth-order valence-corrected chi connectivity index (χ4v) is 2.70. The second-order valence-electron chi connectivity index (χ2n) is 4.37. The maximum absolute atomic E-state index is 11.9. The first-order valence-electron chi connectivity index (χ1n) is 5.90. The summed E-state index contributed by atoms with van der Waals surface area (Å²) in [4.78, 5) is 0. The Kier molecular flexibility index (Phi) is 4.71. The Morgan fingerprint density at radius 3 is 2.40 bits per heavy atom. The lowest BCUT2D eigenvalue weighted by Gasteiger charge is -2.08. The van der Waals surface area contributed by atoms with E-state index in [0.29, 0.717) is 12.3 Å². The number of furan rings is 1. The molecule has 1 N–H and O–H groups in total. The van der Waals surface area contributed by atoms with Crippen LogP contribution in [0.15, 0.2) is 45.9 Å². The minimum Gasteiger partial charge on any atom is -0.446 e. The second kappa shape index (κ2) is 6.15. The summed E-state index contributed by atoms with van der Waals surface area (Å²) in [5.41, 5.74) is 0.957. The molecule has 1 aromatic carbocycles. The van der Waals surface area contributed by atoms with Crippen molar-refractivity contribution in [2.75, 3.05) is 19.4 Å². The number of nitrogens with one attached hydrogen (secondary N) is 1. The van der Waals surface area contributed by atoms with E-state index in [2.05, 4.69) is 27.9 Å². The molecule has 0 saturated heterocycles. The van der Waals surface area contributed by atoms with Gasteiger partial charge in [0.1, 0.15) is 5.76 Å². The van der Waals surface area contributed by atoms with Gasteiger partial charge in [-0.2, -0.15) is 0 Å². The molecule has 0 aliphatic heterocycles. The molecular formula is C13H15IN2O3S. The maximum atomic E-state index is 11.9. The summed E-state index contributed by atoms with van der Waals surface area (Å²) in [6.07, 6.45) is 0. The van der Waals surface area contributed by atoms with Crippen molar-refractivity contribution in [2.45, 2.75) is 11.6 Å². The van der Waals surface area contributed by atoms with Crippen molar-refractivity contribution in [2.24, 2.45) is 0 Å². The zero-order valence-electron chi connectivity index (χ0n) is 11.1. The molecule has 0 fully saturated rings. The van der Waals surface area contributed by atoms with Gasteiger partial charge in [0.15, 0.2) is 0 Å². The summed E-state index contributed by atoms with van der Waals surface area (Å²) < 4.78 is 31.4. The predicted octanol–water partition coefficient (Wildman–Crippen LogP) is 2.75. The number of sulfonamides is 1. The van der Waals surface area contributed by atoms with Gasteiger partial charge in [-0.25, -0.2) is 12.7 Å². The highest BCUT2D eigenvalue weighted by molar-refractivity contribution is 14.1. The van der Waals surface area contributed by atoms with E-state index in [0.717, 1.165) is 13.6 Å². The van der Waals surface area contributed by atoms with Crippen molar-refractivity contribution < 1.29 is 12.8 Å². The minimum atomic E-state index is -3.51. The van der Waals surface area contributed by atoms with Crippen LogP contribution >= 0.6 is 22.6 Å². The molecule has 0 radical (unpaired) electrons. The van der Waals surface area contributed by atoms with Gasteiger partial charge in [0.25, 0.3) is 10.0 Å². The highest BCUT2D eigenvalue weighted by Crippen LogP contribution is 2.18. The van der Waals surface area contributed by atoms with Crippen LogP contribution < -0.4 is 5.32 Å². The predicted molar refractivity (Wildman–Crippen MR) is 86.1 cm³/mol. The SMILES string of the molecule is CN(C)S(=O)(=O)c1ccc(CNc2ccc(I)cc2)o1. The van der Waals surface area contributed by atoms with Crippen LogP contribution in [0, 0.1) is 3.57 Å². The van der Waals surface area contributed by atoms with Crippen molar-refractivity contribution in [1.82, 2.24) is 4.31 Å². The van der Waals surface area contributed by atoms with Gasteiger partial charge < -0.3 is 9.73 Å². The summed E-state index contributed by atoms with van der Waals surface area (Å²) >= 11 is 2.24. The molecule has 0 aliphatic rings. The number of anilines is 1. The number of nitrogens with zero attached hydrogens (tertiary/aromatic N) is 1. The third-order valence-corrected chi connectivity index (χ3v) is 5.09. The molecule has 0 atom stereocenters. The van der Waals surface area contributed by atoms with E-state index in [9.17, 15) is 8.42 Å². The van der Waals surface area contributed by atoms with Gasteiger partial charge in [-0.15, -0.1) is 0 Å². The Labute approximate surface area is 132 Å². The van der Waals surface area contributed by atoms with Crippen molar-refractivity contribution in [1.29, 1.82) is 0 Å². The van der Waals surface area contributed by atoms with Crippen molar-refractivity contribution in [3.05, 3.63) is 45.7 Å². The molecule has 0 amide bonds. The zero-order valence-corrected chi connectivity index (χ0v) is 14.1. The summed E-state index contributed by atoms with van der Waals surface area (Å²) in [5, 5.41) is 3.14.